The average Bonchev–Trinajstić information content (AvgIpc) is 2.75. The van der Waals surface area contributed by atoms with Crippen molar-refractivity contribution in [1.82, 2.24) is 0 Å². The van der Waals surface area contributed by atoms with Gasteiger partial charge in [-0.2, -0.15) is 0 Å². The summed E-state index contributed by atoms with van der Waals surface area (Å²) in [4.78, 5) is 13.9. The summed E-state index contributed by atoms with van der Waals surface area (Å²) in [5.41, 5.74) is 5.38. The summed E-state index contributed by atoms with van der Waals surface area (Å²) in [5.74, 6) is 1.14. The van der Waals surface area contributed by atoms with Crippen molar-refractivity contribution >= 4 is 5.78 Å². The van der Waals surface area contributed by atoms with Gasteiger partial charge in [-0.1, -0.05) is 114 Å². The first-order valence-electron chi connectivity index (χ1n) is 14.9. The number of ketones is 1. The van der Waals surface area contributed by atoms with Crippen LogP contribution in [0, 0.1) is 11.8 Å². The van der Waals surface area contributed by atoms with E-state index in [-0.39, 0.29) is 33.5 Å². The third-order valence-corrected chi connectivity index (χ3v) is 8.45. The van der Waals surface area contributed by atoms with Crippen molar-refractivity contribution in [3.05, 3.63) is 57.6 Å². The summed E-state index contributed by atoms with van der Waals surface area (Å²) in [7, 11) is 0. The standard InChI is InChI=1S/C36H54O3/c1-33(2,3)26-18-22(19-27(31(26)38)34(4,5)6)16-24-14-13-15-25(30(24)37)17-23-20-28(35(7,8)9)32(39)29(21-23)36(10,11)12/h18-21,24-25,38-39H,13-17H2,1-12H3. The molecule has 3 nitrogen and oxygen atoms in total. The number of hydrogen-bond donors (Lipinski definition) is 2. The summed E-state index contributed by atoms with van der Waals surface area (Å²) >= 11 is 0. The molecule has 0 radical (unpaired) electrons. The number of carbonyl (C=O) groups excluding carboxylic acids is 1. The molecule has 0 aromatic heterocycles. The van der Waals surface area contributed by atoms with Crippen molar-refractivity contribution in [2.45, 2.75) is 137 Å². The highest BCUT2D eigenvalue weighted by molar-refractivity contribution is 5.84. The monoisotopic (exact) mass is 534 g/mol. The van der Waals surface area contributed by atoms with Crippen LogP contribution in [0.2, 0.25) is 0 Å². The minimum Gasteiger partial charge on any atom is -0.507 e. The molecule has 1 saturated carbocycles. The van der Waals surface area contributed by atoms with Gasteiger partial charge in [0.25, 0.3) is 0 Å². The number of rotatable bonds is 4. The molecule has 0 heterocycles. The van der Waals surface area contributed by atoms with Gasteiger partial charge >= 0.3 is 0 Å². The lowest BCUT2D eigenvalue weighted by Gasteiger charge is -2.32. The van der Waals surface area contributed by atoms with E-state index in [1.54, 1.807) is 0 Å². The van der Waals surface area contributed by atoms with E-state index in [1.807, 2.05) is 0 Å². The predicted molar refractivity (Wildman–Crippen MR) is 164 cm³/mol. The minimum absolute atomic E-state index is 0.00443. The van der Waals surface area contributed by atoms with Crippen molar-refractivity contribution in [1.29, 1.82) is 0 Å². The molecule has 1 aliphatic rings. The van der Waals surface area contributed by atoms with Crippen LogP contribution in [-0.4, -0.2) is 16.0 Å². The quantitative estimate of drug-likeness (QED) is 0.411. The maximum Gasteiger partial charge on any atom is 0.139 e. The van der Waals surface area contributed by atoms with Crippen LogP contribution < -0.4 is 0 Å². The number of carbonyl (C=O) groups is 1. The Kier molecular flexibility index (Phi) is 8.49. The first-order valence-corrected chi connectivity index (χ1v) is 14.9. The lowest BCUT2D eigenvalue weighted by molar-refractivity contribution is -0.129. The summed E-state index contributed by atoms with van der Waals surface area (Å²) in [5, 5.41) is 22.3. The van der Waals surface area contributed by atoms with Crippen LogP contribution in [0.3, 0.4) is 0 Å². The van der Waals surface area contributed by atoms with Crippen molar-refractivity contribution in [3.63, 3.8) is 0 Å². The molecular weight excluding hydrogens is 480 g/mol. The van der Waals surface area contributed by atoms with Crippen molar-refractivity contribution < 1.29 is 15.0 Å². The van der Waals surface area contributed by atoms with Crippen LogP contribution in [-0.2, 0) is 39.3 Å². The Morgan fingerprint density at radius 3 is 1.05 bits per heavy atom. The Morgan fingerprint density at radius 1 is 0.564 bits per heavy atom. The third kappa shape index (κ3) is 7.08. The lowest BCUT2D eigenvalue weighted by Crippen LogP contribution is -2.31. The Morgan fingerprint density at radius 2 is 0.821 bits per heavy atom. The summed E-state index contributed by atoms with van der Waals surface area (Å²) in [6.07, 6.45) is 4.33. The van der Waals surface area contributed by atoms with Crippen LogP contribution in [0.4, 0.5) is 0 Å². The zero-order chi connectivity index (χ0) is 29.7. The van der Waals surface area contributed by atoms with E-state index in [2.05, 4.69) is 107 Å². The molecule has 2 atom stereocenters. The highest BCUT2D eigenvalue weighted by Crippen LogP contribution is 2.43. The van der Waals surface area contributed by atoms with E-state index in [0.29, 0.717) is 17.3 Å². The Bertz CT molecular complexity index is 1040. The van der Waals surface area contributed by atoms with E-state index in [1.165, 1.54) is 0 Å². The zero-order valence-corrected chi connectivity index (χ0v) is 26.8. The Labute approximate surface area is 238 Å². The fourth-order valence-electron chi connectivity index (χ4n) is 6.11. The molecule has 1 aliphatic carbocycles. The number of benzene rings is 2. The zero-order valence-electron chi connectivity index (χ0n) is 26.8. The second-order valence-electron chi connectivity index (χ2n) is 16.2. The molecule has 3 rings (SSSR count). The fraction of sp³-hybridized carbons (Fsp3) is 0.639. The highest BCUT2D eigenvalue weighted by atomic mass is 16.3. The Balaban J connectivity index is 1.94. The second kappa shape index (κ2) is 10.6. The van der Waals surface area contributed by atoms with Crippen molar-refractivity contribution in [2.24, 2.45) is 11.8 Å². The molecule has 0 saturated heterocycles. The van der Waals surface area contributed by atoms with E-state index in [0.717, 1.165) is 65.5 Å². The normalized spacial score (nSPS) is 19.4. The van der Waals surface area contributed by atoms with Crippen LogP contribution in [0.1, 0.15) is 136 Å². The molecule has 216 valence electrons. The number of hydrogen-bond acceptors (Lipinski definition) is 3. The predicted octanol–water partition coefficient (Wildman–Crippen LogP) is 9.06. The minimum atomic E-state index is -0.187. The molecule has 2 unspecified atom stereocenters. The molecule has 3 heteroatoms. The summed E-state index contributed by atoms with van der Waals surface area (Å²) in [6, 6.07) is 8.53. The van der Waals surface area contributed by atoms with Gasteiger partial charge in [0.15, 0.2) is 0 Å². The summed E-state index contributed by atoms with van der Waals surface area (Å²) < 4.78 is 0. The molecule has 0 bridgehead atoms. The number of phenolic OH excluding ortho intramolecular Hbond substituents is 2. The SMILES string of the molecule is CC(C)(C)c1cc(CC2CCCC(Cc3cc(C(C)(C)C)c(O)c(C(C)(C)C)c3)C2=O)cc(C(C)(C)C)c1O. The molecule has 2 aromatic carbocycles. The van der Waals surface area contributed by atoms with Crippen LogP contribution in [0.5, 0.6) is 11.5 Å². The molecule has 2 aromatic rings. The van der Waals surface area contributed by atoms with E-state index in [9.17, 15) is 15.0 Å². The topological polar surface area (TPSA) is 57.5 Å². The van der Waals surface area contributed by atoms with Crippen molar-refractivity contribution in [3.8, 4) is 11.5 Å². The van der Waals surface area contributed by atoms with Gasteiger partial charge in [-0.3, -0.25) is 4.79 Å². The molecular formula is C36H54O3. The maximum atomic E-state index is 13.9. The first kappa shape index (κ1) is 31.2. The van der Waals surface area contributed by atoms with Gasteiger partial charge in [0.2, 0.25) is 0 Å². The summed E-state index contributed by atoms with van der Waals surface area (Å²) in [6.45, 7) is 25.6. The van der Waals surface area contributed by atoms with Crippen LogP contribution in [0.25, 0.3) is 0 Å². The average molecular weight is 535 g/mol. The van der Waals surface area contributed by atoms with Gasteiger partial charge in [0, 0.05) is 11.8 Å². The highest BCUT2D eigenvalue weighted by Gasteiger charge is 2.34. The van der Waals surface area contributed by atoms with Gasteiger partial charge in [0.05, 0.1) is 0 Å². The maximum absolute atomic E-state index is 13.9. The largest absolute Gasteiger partial charge is 0.507 e. The molecule has 0 spiro atoms. The number of Topliss-reactive ketones (excluding diaryl/α,β-unsaturated/α-hetero) is 1. The third-order valence-electron chi connectivity index (χ3n) is 8.45. The van der Waals surface area contributed by atoms with Gasteiger partial charge in [-0.05, 0) is 80.7 Å². The number of phenols is 2. The Hall–Kier alpha value is -2.29. The van der Waals surface area contributed by atoms with Gasteiger partial charge in [0.1, 0.15) is 17.3 Å². The van der Waals surface area contributed by atoms with Gasteiger partial charge < -0.3 is 10.2 Å². The molecule has 0 aliphatic heterocycles. The molecule has 39 heavy (non-hydrogen) atoms. The van der Waals surface area contributed by atoms with E-state index in [4.69, 9.17) is 0 Å². The number of aromatic hydroxyl groups is 2. The second-order valence-corrected chi connectivity index (χ2v) is 16.2. The van der Waals surface area contributed by atoms with Crippen molar-refractivity contribution in [2.75, 3.05) is 0 Å². The van der Waals surface area contributed by atoms with E-state index >= 15 is 0 Å². The fourth-order valence-corrected chi connectivity index (χ4v) is 6.11. The van der Waals surface area contributed by atoms with Gasteiger partial charge in [-0.15, -0.1) is 0 Å². The lowest BCUT2D eigenvalue weighted by atomic mass is 9.72. The molecule has 2 N–H and O–H groups in total. The molecule has 1 fully saturated rings. The first-order chi connectivity index (χ1) is 17.6. The van der Waals surface area contributed by atoms with Gasteiger partial charge in [-0.25, -0.2) is 0 Å². The van der Waals surface area contributed by atoms with E-state index < -0.39 is 0 Å². The van der Waals surface area contributed by atoms with Crippen LogP contribution >= 0.6 is 0 Å². The molecule has 0 amide bonds. The van der Waals surface area contributed by atoms with Crippen LogP contribution in [0.15, 0.2) is 24.3 Å². The smallest absolute Gasteiger partial charge is 0.139 e.